The molecule has 0 radical (unpaired) electrons. The van der Waals surface area contributed by atoms with E-state index in [1.807, 2.05) is 0 Å². The molecular weight excluding hydrogens is 254 g/mol. The second kappa shape index (κ2) is 4.24. The minimum absolute atomic E-state index is 0.0982. The number of ketones is 1. The Kier molecular flexibility index (Phi) is 2.50. The fraction of sp³-hybridized carbons (Fsp3) is 0.500. The molecule has 0 saturated heterocycles. The molecule has 3 atom stereocenters. The van der Waals surface area contributed by atoms with E-state index in [-0.39, 0.29) is 18.5 Å². The van der Waals surface area contributed by atoms with Gasteiger partial charge in [0, 0.05) is 5.92 Å². The van der Waals surface area contributed by atoms with E-state index in [0.717, 1.165) is 18.4 Å². The van der Waals surface area contributed by atoms with Crippen LogP contribution in [-0.2, 0) is 4.79 Å². The van der Waals surface area contributed by atoms with E-state index < -0.39 is 5.92 Å². The fourth-order valence-corrected chi connectivity index (χ4v) is 3.83. The molecule has 0 amide bonds. The van der Waals surface area contributed by atoms with E-state index in [9.17, 15) is 10.1 Å². The highest BCUT2D eigenvalue weighted by molar-refractivity contribution is 5.93. The molecule has 3 unspecified atom stereocenters. The summed E-state index contributed by atoms with van der Waals surface area (Å²) in [6.45, 7) is 0.205. The van der Waals surface area contributed by atoms with Gasteiger partial charge in [-0.1, -0.05) is 12.5 Å². The normalized spacial score (nSPS) is 30.4. The lowest BCUT2D eigenvalue weighted by atomic mass is 9.90. The van der Waals surface area contributed by atoms with Gasteiger partial charge in [-0.2, -0.15) is 5.26 Å². The predicted molar refractivity (Wildman–Crippen MR) is 70.2 cm³/mol. The minimum atomic E-state index is -0.667. The number of rotatable bonds is 3. The highest BCUT2D eigenvalue weighted by atomic mass is 16.7. The zero-order valence-corrected chi connectivity index (χ0v) is 11.0. The summed E-state index contributed by atoms with van der Waals surface area (Å²) in [6, 6.07) is 7.53. The number of carbonyl (C=O) groups is 1. The number of hydrogen-bond donors (Lipinski definition) is 0. The Morgan fingerprint density at radius 3 is 2.75 bits per heavy atom. The number of carbonyl (C=O) groups excluding carboxylic acids is 1. The maximum atomic E-state index is 12.6. The Bertz CT molecular complexity index is 609. The van der Waals surface area contributed by atoms with Crippen LogP contribution < -0.4 is 9.47 Å². The van der Waals surface area contributed by atoms with Crippen molar-refractivity contribution in [3.8, 4) is 17.6 Å². The Hall–Kier alpha value is -2.02. The molecule has 3 aliphatic rings. The average Bonchev–Trinajstić information content (AvgIpc) is 2.86. The van der Waals surface area contributed by atoms with Crippen molar-refractivity contribution in [3.63, 3.8) is 0 Å². The highest BCUT2D eigenvalue weighted by Crippen LogP contribution is 2.59. The van der Waals surface area contributed by atoms with Gasteiger partial charge in [0.25, 0.3) is 0 Å². The van der Waals surface area contributed by atoms with Gasteiger partial charge in [-0.3, -0.25) is 4.79 Å². The third-order valence-corrected chi connectivity index (χ3v) is 4.88. The van der Waals surface area contributed by atoms with Crippen LogP contribution in [0.2, 0.25) is 0 Å². The summed E-state index contributed by atoms with van der Waals surface area (Å²) in [4.78, 5) is 12.6. The van der Waals surface area contributed by atoms with Crippen LogP contribution in [0.15, 0.2) is 18.2 Å². The van der Waals surface area contributed by atoms with Crippen LogP contribution in [0, 0.1) is 29.1 Å². The van der Waals surface area contributed by atoms with Crippen molar-refractivity contribution in [3.05, 3.63) is 23.8 Å². The van der Waals surface area contributed by atoms with E-state index in [0.29, 0.717) is 23.3 Å². The number of nitrogens with zero attached hydrogens (tertiary/aromatic N) is 1. The minimum Gasteiger partial charge on any atom is -0.454 e. The van der Waals surface area contributed by atoms with Crippen LogP contribution >= 0.6 is 0 Å². The van der Waals surface area contributed by atoms with Crippen LogP contribution in [-0.4, -0.2) is 12.6 Å². The predicted octanol–water partition coefficient (Wildman–Crippen LogP) is 2.64. The molecule has 2 saturated carbocycles. The second-order valence-corrected chi connectivity index (χ2v) is 5.86. The molecule has 0 aromatic heterocycles. The largest absolute Gasteiger partial charge is 0.454 e. The van der Waals surface area contributed by atoms with Gasteiger partial charge in [0.1, 0.15) is 5.92 Å². The number of ether oxygens (including phenoxy) is 2. The van der Waals surface area contributed by atoms with Crippen LogP contribution in [0.4, 0.5) is 0 Å². The maximum Gasteiger partial charge on any atom is 0.231 e. The summed E-state index contributed by atoms with van der Waals surface area (Å²) in [7, 11) is 0. The van der Waals surface area contributed by atoms with Gasteiger partial charge in [0.05, 0.1) is 6.07 Å². The fourth-order valence-electron chi connectivity index (χ4n) is 3.83. The third kappa shape index (κ3) is 1.62. The number of hydrogen-bond acceptors (Lipinski definition) is 4. The van der Waals surface area contributed by atoms with Gasteiger partial charge in [-0.25, -0.2) is 0 Å². The van der Waals surface area contributed by atoms with Crippen LogP contribution in [0.25, 0.3) is 0 Å². The first-order valence-corrected chi connectivity index (χ1v) is 7.12. The molecule has 20 heavy (non-hydrogen) atoms. The summed E-state index contributed by atoms with van der Waals surface area (Å²) in [5.41, 5.74) is 0.728. The molecular formula is C16H15NO3. The molecule has 4 rings (SSSR count). The molecule has 0 bridgehead atoms. The van der Waals surface area contributed by atoms with Crippen LogP contribution in [0.3, 0.4) is 0 Å². The van der Waals surface area contributed by atoms with Gasteiger partial charge < -0.3 is 9.47 Å². The van der Waals surface area contributed by atoms with Crippen molar-refractivity contribution in [1.29, 1.82) is 5.26 Å². The van der Waals surface area contributed by atoms with Gasteiger partial charge in [0.2, 0.25) is 6.79 Å². The first-order valence-electron chi connectivity index (χ1n) is 7.12. The number of benzene rings is 1. The first-order chi connectivity index (χ1) is 9.79. The maximum absolute atomic E-state index is 12.6. The molecule has 0 spiro atoms. The van der Waals surface area contributed by atoms with Crippen LogP contribution in [0.1, 0.15) is 30.7 Å². The number of Topliss-reactive ketones (excluding diaryl/α,β-unsaturated/α-hetero) is 1. The number of nitriles is 1. The second-order valence-electron chi connectivity index (χ2n) is 5.86. The van der Waals surface area contributed by atoms with Crippen molar-refractivity contribution < 1.29 is 14.3 Å². The van der Waals surface area contributed by atoms with Crippen LogP contribution in [0.5, 0.6) is 11.5 Å². The van der Waals surface area contributed by atoms with Crippen molar-refractivity contribution in [2.75, 3.05) is 6.79 Å². The molecule has 0 N–H and O–H groups in total. The summed E-state index contributed by atoms with van der Waals surface area (Å²) in [5.74, 6) is 1.97. The summed E-state index contributed by atoms with van der Waals surface area (Å²) in [5, 5.41) is 9.40. The van der Waals surface area contributed by atoms with Crippen molar-refractivity contribution in [2.24, 2.45) is 17.8 Å². The average molecular weight is 269 g/mol. The SMILES string of the molecule is N#CC(C(=O)C1C2CCCC21)c1ccc2c(c1)OCO2. The molecule has 2 aliphatic carbocycles. The van der Waals surface area contributed by atoms with Crippen molar-refractivity contribution in [2.45, 2.75) is 25.2 Å². The molecule has 4 heteroatoms. The lowest BCUT2D eigenvalue weighted by molar-refractivity contribution is -0.121. The van der Waals surface area contributed by atoms with E-state index >= 15 is 0 Å². The summed E-state index contributed by atoms with van der Waals surface area (Å²) >= 11 is 0. The van der Waals surface area contributed by atoms with E-state index in [4.69, 9.17) is 9.47 Å². The van der Waals surface area contributed by atoms with E-state index in [1.54, 1.807) is 18.2 Å². The molecule has 102 valence electrons. The monoisotopic (exact) mass is 269 g/mol. The summed E-state index contributed by atoms with van der Waals surface area (Å²) in [6.07, 6.45) is 3.54. The zero-order chi connectivity index (χ0) is 13.7. The van der Waals surface area contributed by atoms with Gasteiger partial charge in [-0.05, 0) is 42.4 Å². The smallest absolute Gasteiger partial charge is 0.231 e. The van der Waals surface area contributed by atoms with E-state index in [2.05, 4.69) is 6.07 Å². The molecule has 2 fully saturated rings. The van der Waals surface area contributed by atoms with Crippen molar-refractivity contribution >= 4 is 5.78 Å². The molecule has 1 aromatic carbocycles. The Labute approximate surface area is 117 Å². The molecule has 1 heterocycles. The Morgan fingerprint density at radius 2 is 2.00 bits per heavy atom. The third-order valence-electron chi connectivity index (χ3n) is 4.88. The molecule has 1 aromatic rings. The van der Waals surface area contributed by atoms with Crippen molar-refractivity contribution in [1.82, 2.24) is 0 Å². The number of fused-ring (bicyclic) bond motifs is 2. The lowest BCUT2D eigenvalue weighted by Crippen LogP contribution is -2.15. The topological polar surface area (TPSA) is 59.3 Å². The molecule has 1 aliphatic heterocycles. The highest BCUT2D eigenvalue weighted by Gasteiger charge is 2.57. The summed E-state index contributed by atoms with van der Waals surface area (Å²) < 4.78 is 10.6. The Balaban J connectivity index is 1.59. The standard InChI is InChI=1S/C16H15NO3/c17-7-12(16(18)15-10-2-1-3-11(10)15)9-4-5-13-14(6-9)20-8-19-13/h4-6,10-12,15H,1-3,8H2. The molecule has 4 nitrogen and oxygen atoms in total. The van der Waals surface area contributed by atoms with Gasteiger partial charge in [0.15, 0.2) is 17.3 Å². The Morgan fingerprint density at radius 1 is 1.25 bits per heavy atom. The lowest BCUT2D eigenvalue weighted by Gasteiger charge is -2.10. The van der Waals surface area contributed by atoms with Gasteiger partial charge >= 0.3 is 0 Å². The van der Waals surface area contributed by atoms with Gasteiger partial charge in [-0.15, -0.1) is 0 Å². The quantitative estimate of drug-likeness (QED) is 0.846. The zero-order valence-electron chi connectivity index (χ0n) is 11.0. The van der Waals surface area contributed by atoms with E-state index in [1.165, 1.54) is 6.42 Å². The first kappa shape index (κ1) is 11.8.